The maximum atomic E-state index is 12.7. The summed E-state index contributed by atoms with van der Waals surface area (Å²) in [6.45, 7) is 0. The summed E-state index contributed by atoms with van der Waals surface area (Å²) in [7, 11) is 0. The number of halogens is 2. The van der Waals surface area contributed by atoms with E-state index >= 15 is 0 Å². The molecule has 4 rings (SSSR count). The van der Waals surface area contributed by atoms with Gasteiger partial charge in [0.2, 0.25) is 11.8 Å². The largest absolute Gasteiger partial charge is 0.274 e. The minimum atomic E-state index is -0.128. The van der Waals surface area contributed by atoms with Gasteiger partial charge < -0.3 is 0 Å². The lowest BCUT2D eigenvalue weighted by molar-refractivity contribution is -0.123. The lowest BCUT2D eigenvalue weighted by Crippen LogP contribution is -2.33. The topological polar surface area (TPSA) is 37.4 Å². The van der Waals surface area contributed by atoms with Gasteiger partial charge in [-0.2, -0.15) is 0 Å². The first-order valence-corrected chi connectivity index (χ1v) is 7.66. The zero-order valence-corrected chi connectivity index (χ0v) is 12.2. The van der Waals surface area contributed by atoms with Crippen LogP contribution in [0.1, 0.15) is 19.3 Å². The Balaban J connectivity index is 1.79. The number of anilines is 1. The summed E-state index contributed by atoms with van der Waals surface area (Å²) < 4.78 is 0. The van der Waals surface area contributed by atoms with Crippen molar-refractivity contribution in [2.75, 3.05) is 4.90 Å². The monoisotopic (exact) mass is 309 g/mol. The van der Waals surface area contributed by atoms with E-state index in [0.717, 1.165) is 19.3 Å². The maximum Gasteiger partial charge on any atom is 0.238 e. The van der Waals surface area contributed by atoms with Crippen molar-refractivity contribution in [3.8, 4) is 0 Å². The fourth-order valence-corrected chi connectivity index (χ4v) is 4.67. The number of imide groups is 1. The Morgan fingerprint density at radius 2 is 1.60 bits per heavy atom. The van der Waals surface area contributed by atoms with Gasteiger partial charge in [0.1, 0.15) is 0 Å². The quantitative estimate of drug-likeness (QED) is 0.744. The van der Waals surface area contributed by atoms with Crippen LogP contribution >= 0.6 is 23.2 Å². The fourth-order valence-electron chi connectivity index (χ4n) is 4.30. The molecule has 0 radical (unpaired) electrons. The van der Waals surface area contributed by atoms with Crippen LogP contribution in [0.25, 0.3) is 0 Å². The van der Waals surface area contributed by atoms with Crippen molar-refractivity contribution in [2.45, 2.75) is 19.3 Å². The van der Waals surface area contributed by atoms with Crippen LogP contribution < -0.4 is 4.90 Å². The average Bonchev–Trinajstić information content (AvgIpc) is 3.08. The second kappa shape index (κ2) is 4.22. The van der Waals surface area contributed by atoms with Gasteiger partial charge in [-0.3, -0.25) is 9.59 Å². The maximum absolute atomic E-state index is 12.7. The van der Waals surface area contributed by atoms with Crippen molar-refractivity contribution < 1.29 is 9.59 Å². The van der Waals surface area contributed by atoms with Crippen LogP contribution in [0.15, 0.2) is 18.2 Å². The van der Waals surface area contributed by atoms with Gasteiger partial charge in [0.25, 0.3) is 0 Å². The molecule has 1 saturated heterocycles. The fraction of sp³-hybridized carbons (Fsp3) is 0.467. The number of fused-ring (bicyclic) bond motifs is 5. The van der Waals surface area contributed by atoms with E-state index in [4.69, 9.17) is 23.2 Å². The third-order valence-corrected chi connectivity index (χ3v) is 5.63. The molecule has 1 heterocycles. The number of hydrogen-bond acceptors (Lipinski definition) is 2. The molecule has 1 aromatic carbocycles. The Hall–Kier alpha value is -1.06. The molecule has 2 aliphatic carbocycles. The summed E-state index contributed by atoms with van der Waals surface area (Å²) in [6.07, 6.45) is 3.17. The Kier molecular flexibility index (Phi) is 2.67. The summed E-state index contributed by atoms with van der Waals surface area (Å²) in [5, 5.41) is 0.869. The number of carbonyl (C=O) groups is 2. The van der Waals surface area contributed by atoms with Crippen molar-refractivity contribution in [1.82, 2.24) is 0 Å². The predicted octanol–water partition coefficient (Wildman–Crippen LogP) is 3.53. The van der Waals surface area contributed by atoms with Crippen molar-refractivity contribution in [2.24, 2.45) is 23.7 Å². The normalized spacial score (nSPS) is 35.0. The predicted molar refractivity (Wildman–Crippen MR) is 76.8 cm³/mol. The van der Waals surface area contributed by atoms with Crippen molar-refractivity contribution in [1.29, 1.82) is 0 Å². The molecular weight excluding hydrogens is 297 g/mol. The lowest BCUT2D eigenvalue weighted by atomic mass is 9.81. The molecule has 2 saturated carbocycles. The number of hydrogen-bond donors (Lipinski definition) is 0. The minimum Gasteiger partial charge on any atom is -0.274 e. The van der Waals surface area contributed by atoms with Gasteiger partial charge in [-0.1, -0.05) is 23.2 Å². The summed E-state index contributed by atoms with van der Waals surface area (Å²) in [6, 6.07) is 4.88. The molecule has 3 nitrogen and oxygen atoms in total. The molecule has 2 amide bonds. The first-order chi connectivity index (χ1) is 9.58. The second-order valence-electron chi connectivity index (χ2n) is 5.99. The Bertz CT molecular complexity index is 602. The van der Waals surface area contributed by atoms with E-state index in [1.807, 2.05) is 0 Å². The summed E-state index contributed by atoms with van der Waals surface area (Å²) >= 11 is 12.1. The van der Waals surface area contributed by atoms with Crippen LogP contribution in [-0.2, 0) is 9.59 Å². The highest BCUT2D eigenvalue weighted by molar-refractivity contribution is 6.37. The SMILES string of the molecule is O=C1[C@@H]2[C@H]3CC[C@@H](C3)[C@@H]2C(=O)N1c1cc(Cl)ccc1Cl. The van der Waals surface area contributed by atoms with E-state index in [0.29, 0.717) is 27.6 Å². The first-order valence-electron chi connectivity index (χ1n) is 6.91. The van der Waals surface area contributed by atoms with E-state index in [2.05, 4.69) is 0 Å². The van der Waals surface area contributed by atoms with Crippen LogP contribution in [0.4, 0.5) is 5.69 Å². The highest BCUT2D eigenvalue weighted by Crippen LogP contribution is 2.57. The van der Waals surface area contributed by atoms with Gasteiger partial charge in [0, 0.05) is 5.02 Å². The van der Waals surface area contributed by atoms with Gasteiger partial charge in [-0.15, -0.1) is 0 Å². The van der Waals surface area contributed by atoms with Gasteiger partial charge in [-0.25, -0.2) is 4.90 Å². The van der Waals surface area contributed by atoms with Crippen LogP contribution in [0.3, 0.4) is 0 Å². The number of rotatable bonds is 1. The summed E-state index contributed by atoms with van der Waals surface area (Å²) in [5.41, 5.74) is 0.433. The lowest BCUT2D eigenvalue weighted by Gasteiger charge is -2.19. The molecule has 1 aliphatic heterocycles. The second-order valence-corrected chi connectivity index (χ2v) is 6.84. The minimum absolute atomic E-state index is 0.0867. The third-order valence-electron chi connectivity index (χ3n) is 5.08. The average molecular weight is 310 g/mol. The van der Waals surface area contributed by atoms with Crippen molar-refractivity contribution in [3.05, 3.63) is 28.2 Å². The van der Waals surface area contributed by atoms with Crippen LogP contribution in [0.5, 0.6) is 0 Å². The van der Waals surface area contributed by atoms with Crippen molar-refractivity contribution >= 4 is 40.7 Å². The van der Waals surface area contributed by atoms with E-state index in [9.17, 15) is 9.59 Å². The molecule has 0 spiro atoms. The van der Waals surface area contributed by atoms with Crippen LogP contribution in [0.2, 0.25) is 10.0 Å². The van der Waals surface area contributed by atoms with Gasteiger partial charge >= 0.3 is 0 Å². The summed E-state index contributed by atoms with van der Waals surface area (Å²) in [4.78, 5) is 26.6. The number of benzene rings is 1. The Labute approximate surface area is 126 Å². The molecule has 3 fully saturated rings. The van der Waals surface area contributed by atoms with Gasteiger partial charge in [-0.05, 0) is 49.3 Å². The number of carbonyl (C=O) groups excluding carboxylic acids is 2. The molecule has 4 atom stereocenters. The highest BCUT2D eigenvalue weighted by atomic mass is 35.5. The Morgan fingerprint density at radius 3 is 2.20 bits per heavy atom. The molecule has 0 N–H and O–H groups in total. The molecule has 0 unspecified atom stereocenters. The highest BCUT2D eigenvalue weighted by Gasteiger charge is 2.61. The molecule has 3 aliphatic rings. The van der Waals surface area contributed by atoms with Gasteiger partial charge in [0.05, 0.1) is 22.5 Å². The zero-order valence-electron chi connectivity index (χ0n) is 10.7. The van der Waals surface area contributed by atoms with Crippen molar-refractivity contribution in [3.63, 3.8) is 0 Å². The summed E-state index contributed by atoms with van der Waals surface area (Å²) in [5.74, 6) is 0.328. The number of amides is 2. The first kappa shape index (κ1) is 12.7. The van der Waals surface area contributed by atoms with E-state index < -0.39 is 0 Å². The van der Waals surface area contributed by atoms with Gasteiger partial charge in [0.15, 0.2) is 0 Å². The third kappa shape index (κ3) is 1.54. The molecule has 1 aromatic rings. The van der Waals surface area contributed by atoms with E-state index in [-0.39, 0.29) is 23.7 Å². The van der Waals surface area contributed by atoms with E-state index in [1.54, 1.807) is 18.2 Å². The Morgan fingerprint density at radius 1 is 1.00 bits per heavy atom. The number of nitrogens with zero attached hydrogens (tertiary/aromatic N) is 1. The molecule has 20 heavy (non-hydrogen) atoms. The smallest absolute Gasteiger partial charge is 0.238 e. The zero-order chi connectivity index (χ0) is 14.0. The molecular formula is C15H13Cl2NO2. The van der Waals surface area contributed by atoms with Crippen LogP contribution in [0, 0.1) is 23.7 Å². The molecule has 5 heteroatoms. The molecule has 2 bridgehead atoms. The standard InChI is InChI=1S/C15H13Cl2NO2/c16-9-3-4-10(17)11(6-9)18-14(19)12-7-1-2-8(5-7)13(12)15(18)20/h3-4,6-8,12-13H,1-2,5H2/t7-,8-,12-,13+/m0/s1. The van der Waals surface area contributed by atoms with Crippen LogP contribution in [-0.4, -0.2) is 11.8 Å². The van der Waals surface area contributed by atoms with E-state index in [1.165, 1.54) is 4.90 Å². The molecule has 104 valence electrons. The molecule has 0 aromatic heterocycles.